The highest BCUT2D eigenvalue weighted by atomic mass is 19.1. The van der Waals surface area contributed by atoms with Crippen molar-refractivity contribution in [1.29, 1.82) is 0 Å². The Morgan fingerprint density at radius 3 is 2.77 bits per heavy atom. The number of amides is 2. The molecule has 3 heterocycles. The number of carbonyl (C=O) groups is 2. The van der Waals surface area contributed by atoms with E-state index in [-0.39, 0.29) is 17.6 Å². The predicted molar refractivity (Wildman–Crippen MR) is 92.8 cm³/mol. The highest BCUT2D eigenvalue weighted by Crippen LogP contribution is 2.41. The van der Waals surface area contributed by atoms with E-state index in [1.165, 1.54) is 12.1 Å². The number of aryl methyl sites for hydroxylation is 1. The van der Waals surface area contributed by atoms with Crippen molar-refractivity contribution in [1.82, 2.24) is 9.80 Å². The Balaban J connectivity index is 1.45. The Hall–Kier alpha value is -2.63. The number of furan rings is 1. The van der Waals surface area contributed by atoms with Crippen LogP contribution in [0, 0.1) is 18.2 Å². The summed E-state index contributed by atoms with van der Waals surface area (Å²) < 4.78 is 18.8. The maximum absolute atomic E-state index is 13.4. The molecule has 1 unspecified atom stereocenters. The van der Waals surface area contributed by atoms with Crippen LogP contribution in [0.25, 0.3) is 0 Å². The van der Waals surface area contributed by atoms with Crippen molar-refractivity contribution in [3.8, 4) is 0 Å². The summed E-state index contributed by atoms with van der Waals surface area (Å²) in [5.74, 6) is 0.622. The largest absolute Gasteiger partial charge is 0.456 e. The number of likely N-dealkylation sites (tertiary alicyclic amines) is 2. The first kappa shape index (κ1) is 16.8. The maximum Gasteiger partial charge on any atom is 0.289 e. The van der Waals surface area contributed by atoms with E-state index in [0.717, 1.165) is 12.0 Å². The van der Waals surface area contributed by atoms with Crippen molar-refractivity contribution in [2.75, 3.05) is 19.6 Å². The minimum atomic E-state index is -0.509. The van der Waals surface area contributed by atoms with Gasteiger partial charge < -0.3 is 14.2 Å². The Labute approximate surface area is 151 Å². The van der Waals surface area contributed by atoms with Crippen LogP contribution in [0.3, 0.4) is 0 Å². The molecule has 26 heavy (non-hydrogen) atoms. The molecule has 0 saturated carbocycles. The summed E-state index contributed by atoms with van der Waals surface area (Å²) in [6.45, 7) is 3.82. The third-order valence-corrected chi connectivity index (χ3v) is 5.46. The zero-order chi connectivity index (χ0) is 18.3. The van der Waals surface area contributed by atoms with Gasteiger partial charge in [-0.25, -0.2) is 4.39 Å². The third kappa shape index (κ3) is 2.89. The van der Waals surface area contributed by atoms with Gasteiger partial charge >= 0.3 is 0 Å². The van der Waals surface area contributed by atoms with Crippen LogP contribution in [0.15, 0.2) is 40.8 Å². The van der Waals surface area contributed by atoms with Gasteiger partial charge in [0.05, 0.1) is 5.41 Å². The van der Waals surface area contributed by atoms with Gasteiger partial charge in [0.25, 0.3) is 5.91 Å². The van der Waals surface area contributed by atoms with Gasteiger partial charge in [0, 0.05) is 26.2 Å². The van der Waals surface area contributed by atoms with Crippen molar-refractivity contribution in [3.05, 3.63) is 59.3 Å². The monoisotopic (exact) mass is 356 g/mol. The average molecular weight is 356 g/mol. The van der Waals surface area contributed by atoms with E-state index in [0.29, 0.717) is 44.1 Å². The van der Waals surface area contributed by atoms with E-state index >= 15 is 0 Å². The van der Waals surface area contributed by atoms with Crippen molar-refractivity contribution < 1.29 is 18.4 Å². The van der Waals surface area contributed by atoms with Gasteiger partial charge in [-0.2, -0.15) is 0 Å². The minimum Gasteiger partial charge on any atom is -0.456 e. The molecule has 2 aliphatic heterocycles. The Morgan fingerprint density at radius 1 is 1.23 bits per heavy atom. The summed E-state index contributed by atoms with van der Waals surface area (Å²) in [6, 6.07) is 9.78. The van der Waals surface area contributed by atoms with E-state index in [2.05, 4.69) is 0 Å². The van der Waals surface area contributed by atoms with Gasteiger partial charge in [-0.05, 0) is 49.6 Å². The lowest BCUT2D eigenvalue weighted by Gasteiger charge is -2.23. The van der Waals surface area contributed by atoms with E-state index < -0.39 is 5.41 Å². The number of hydrogen-bond acceptors (Lipinski definition) is 3. The minimum absolute atomic E-state index is 0.0627. The summed E-state index contributed by atoms with van der Waals surface area (Å²) in [6.07, 6.45) is 1.39. The van der Waals surface area contributed by atoms with Gasteiger partial charge in [-0.1, -0.05) is 12.1 Å². The molecule has 0 N–H and O–H groups in total. The second-order valence-corrected chi connectivity index (χ2v) is 7.27. The van der Waals surface area contributed by atoms with E-state index in [9.17, 15) is 14.0 Å². The maximum atomic E-state index is 13.4. The van der Waals surface area contributed by atoms with Crippen LogP contribution in [0.2, 0.25) is 0 Å². The quantitative estimate of drug-likeness (QED) is 0.850. The molecule has 2 aromatic rings. The predicted octanol–water partition coefficient (Wildman–Crippen LogP) is 2.99. The number of rotatable bonds is 3. The highest BCUT2D eigenvalue weighted by molar-refractivity contribution is 5.93. The molecular weight excluding hydrogens is 335 g/mol. The van der Waals surface area contributed by atoms with Crippen LogP contribution in [0.4, 0.5) is 4.39 Å². The van der Waals surface area contributed by atoms with Gasteiger partial charge in [0.2, 0.25) is 5.91 Å². The van der Waals surface area contributed by atoms with Crippen LogP contribution in [-0.2, 0) is 11.3 Å². The molecule has 2 amide bonds. The molecule has 6 heteroatoms. The van der Waals surface area contributed by atoms with Crippen LogP contribution in [0.5, 0.6) is 0 Å². The lowest BCUT2D eigenvalue weighted by atomic mass is 9.85. The van der Waals surface area contributed by atoms with Gasteiger partial charge in [-0.15, -0.1) is 0 Å². The van der Waals surface area contributed by atoms with E-state index in [4.69, 9.17) is 4.42 Å². The Morgan fingerprint density at radius 2 is 2.04 bits per heavy atom. The smallest absolute Gasteiger partial charge is 0.289 e. The molecule has 2 saturated heterocycles. The SMILES string of the molecule is Cc1ccc(C(=O)N2CCC3(CCN(Cc4cccc(F)c4)C3=O)C2)o1. The lowest BCUT2D eigenvalue weighted by Crippen LogP contribution is -2.38. The molecule has 136 valence electrons. The average Bonchev–Trinajstić information content (AvgIpc) is 3.31. The fourth-order valence-corrected chi connectivity index (χ4v) is 4.03. The first-order chi connectivity index (χ1) is 12.5. The molecule has 1 spiro atoms. The van der Waals surface area contributed by atoms with Crippen LogP contribution < -0.4 is 0 Å². The standard InChI is InChI=1S/C20H21FN2O3/c1-14-5-6-17(26-14)18(24)23-10-8-20(13-23)7-9-22(19(20)25)12-15-3-2-4-16(21)11-15/h2-6,11H,7-10,12-13H2,1H3. The molecule has 2 fully saturated rings. The first-order valence-corrected chi connectivity index (χ1v) is 8.86. The fourth-order valence-electron chi connectivity index (χ4n) is 4.03. The number of halogens is 1. The third-order valence-electron chi connectivity index (χ3n) is 5.46. The molecule has 2 aliphatic rings. The van der Waals surface area contributed by atoms with Crippen molar-refractivity contribution in [2.24, 2.45) is 5.41 Å². The van der Waals surface area contributed by atoms with E-state index in [1.54, 1.807) is 34.9 Å². The fraction of sp³-hybridized carbons (Fsp3) is 0.400. The summed E-state index contributed by atoms with van der Waals surface area (Å²) in [5, 5.41) is 0. The summed E-state index contributed by atoms with van der Waals surface area (Å²) >= 11 is 0. The number of carbonyl (C=O) groups excluding carboxylic acids is 2. The van der Waals surface area contributed by atoms with Crippen molar-refractivity contribution in [2.45, 2.75) is 26.3 Å². The summed E-state index contributed by atoms with van der Waals surface area (Å²) in [5.41, 5.74) is 0.275. The molecule has 0 radical (unpaired) electrons. The molecule has 0 bridgehead atoms. The molecule has 0 aliphatic carbocycles. The second-order valence-electron chi connectivity index (χ2n) is 7.27. The molecule has 1 atom stereocenters. The number of nitrogens with zero attached hydrogens (tertiary/aromatic N) is 2. The second kappa shape index (κ2) is 6.27. The van der Waals surface area contributed by atoms with Crippen LogP contribution in [0.1, 0.15) is 34.7 Å². The number of hydrogen-bond donors (Lipinski definition) is 0. The lowest BCUT2D eigenvalue weighted by molar-refractivity contribution is -0.135. The number of benzene rings is 1. The van der Waals surface area contributed by atoms with Gasteiger partial charge in [0.1, 0.15) is 11.6 Å². The summed E-state index contributed by atoms with van der Waals surface area (Å²) in [7, 11) is 0. The molecule has 1 aromatic carbocycles. The van der Waals surface area contributed by atoms with Gasteiger partial charge in [0.15, 0.2) is 5.76 Å². The molecular formula is C20H21FN2O3. The van der Waals surface area contributed by atoms with Crippen molar-refractivity contribution >= 4 is 11.8 Å². The molecule has 5 nitrogen and oxygen atoms in total. The molecule has 1 aromatic heterocycles. The van der Waals surface area contributed by atoms with Crippen LogP contribution in [-0.4, -0.2) is 41.2 Å². The Kier molecular flexibility index (Phi) is 4.05. The normalized spacial score (nSPS) is 22.6. The van der Waals surface area contributed by atoms with Gasteiger partial charge in [-0.3, -0.25) is 9.59 Å². The summed E-state index contributed by atoms with van der Waals surface area (Å²) in [4.78, 5) is 29.1. The zero-order valence-corrected chi connectivity index (χ0v) is 14.7. The van der Waals surface area contributed by atoms with E-state index in [1.807, 2.05) is 6.07 Å². The topological polar surface area (TPSA) is 53.8 Å². The molecule has 4 rings (SSSR count). The zero-order valence-electron chi connectivity index (χ0n) is 14.7. The van der Waals surface area contributed by atoms with Crippen LogP contribution >= 0.6 is 0 Å². The Bertz CT molecular complexity index is 862. The van der Waals surface area contributed by atoms with Crippen molar-refractivity contribution in [3.63, 3.8) is 0 Å². The highest BCUT2D eigenvalue weighted by Gasteiger charge is 2.51. The first-order valence-electron chi connectivity index (χ1n) is 8.86.